The number of hydrogen-bond acceptors (Lipinski definition) is 6. The first-order valence-electron chi connectivity index (χ1n) is 4.35. The Labute approximate surface area is 85.7 Å². The van der Waals surface area contributed by atoms with Gasteiger partial charge >= 0.3 is 0 Å². The molecule has 0 saturated carbocycles. The van der Waals surface area contributed by atoms with Gasteiger partial charge in [-0.2, -0.15) is 0 Å². The molecule has 3 N–H and O–H groups in total. The summed E-state index contributed by atoms with van der Waals surface area (Å²) in [5, 5.41) is 31.5. The maximum Gasteiger partial charge on any atom is 0.186 e. The van der Waals surface area contributed by atoms with Crippen molar-refractivity contribution in [3.05, 3.63) is 10.4 Å². The monoisotopic (exact) mass is 219 g/mol. The van der Waals surface area contributed by atoms with Crippen molar-refractivity contribution in [3.8, 4) is 0 Å². The van der Waals surface area contributed by atoms with E-state index in [1.54, 1.807) is 0 Å². The number of aliphatic hydroxyl groups is 3. The van der Waals surface area contributed by atoms with Crippen molar-refractivity contribution in [2.24, 2.45) is 5.11 Å². The van der Waals surface area contributed by atoms with Gasteiger partial charge in [-0.25, -0.2) is 0 Å². The number of azide groups is 1. The summed E-state index contributed by atoms with van der Waals surface area (Å²) in [6, 6.07) is 0. The molecular weight excluding hydrogens is 206 g/mol. The Morgan fingerprint density at radius 2 is 2.00 bits per heavy atom. The predicted octanol–water partition coefficient (Wildman–Crippen LogP) is -1.25. The van der Waals surface area contributed by atoms with Gasteiger partial charge in [0.05, 0.1) is 12.6 Å². The van der Waals surface area contributed by atoms with Crippen LogP contribution in [0.15, 0.2) is 5.11 Å². The number of aliphatic hydroxyl groups excluding tert-OH is 3. The number of ether oxygens (including phenoxy) is 2. The molecule has 0 aromatic heterocycles. The summed E-state index contributed by atoms with van der Waals surface area (Å²) >= 11 is 0. The van der Waals surface area contributed by atoms with E-state index in [0.717, 1.165) is 0 Å². The van der Waals surface area contributed by atoms with E-state index >= 15 is 0 Å². The van der Waals surface area contributed by atoms with Crippen LogP contribution in [0.5, 0.6) is 0 Å². The summed E-state index contributed by atoms with van der Waals surface area (Å²) in [7, 11) is 1.29. The van der Waals surface area contributed by atoms with Crippen LogP contribution >= 0.6 is 0 Å². The Morgan fingerprint density at radius 1 is 1.33 bits per heavy atom. The molecule has 1 saturated heterocycles. The molecule has 15 heavy (non-hydrogen) atoms. The predicted molar refractivity (Wildman–Crippen MR) is 47.7 cm³/mol. The van der Waals surface area contributed by atoms with Crippen LogP contribution in [0.1, 0.15) is 0 Å². The number of hydrogen-bond donors (Lipinski definition) is 3. The van der Waals surface area contributed by atoms with Gasteiger partial charge in [0, 0.05) is 12.0 Å². The normalized spacial score (nSPS) is 40.9. The zero-order chi connectivity index (χ0) is 11.4. The number of nitrogens with zero attached hydrogens (tertiary/aromatic N) is 3. The van der Waals surface area contributed by atoms with E-state index < -0.39 is 30.7 Å². The molecule has 8 heteroatoms. The third kappa shape index (κ3) is 2.57. The van der Waals surface area contributed by atoms with Gasteiger partial charge in [-0.3, -0.25) is 0 Å². The van der Waals surface area contributed by atoms with Crippen LogP contribution in [0, 0.1) is 0 Å². The average molecular weight is 219 g/mol. The molecule has 1 fully saturated rings. The van der Waals surface area contributed by atoms with Crippen LogP contribution in [-0.4, -0.2) is 59.7 Å². The van der Waals surface area contributed by atoms with Crippen molar-refractivity contribution in [1.82, 2.24) is 0 Å². The summed E-state index contributed by atoms with van der Waals surface area (Å²) in [4.78, 5) is 2.51. The highest BCUT2D eigenvalue weighted by atomic mass is 16.7. The minimum absolute atomic E-state index is 0.138. The molecule has 8 nitrogen and oxygen atoms in total. The highest BCUT2D eigenvalue weighted by Gasteiger charge is 2.43. The average Bonchev–Trinajstić information content (AvgIpc) is 2.25. The van der Waals surface area contributed by atoms with E-state index in [2.05, 4.69) is 10.0 Å². The van der Waals surface area contributed by atoms with Gasteiger partial charge in [0.25, 0.3) is 0 Å². The smallest absolute Gasteiger partial charge is 0.186 e. The summed E-state index contributed by atoms with van der Waals surface area (Å²) in [6.07, 6.45) is -5.95. The topological polar surface area (TPSA) is 128 Å². The van der Waals surface area contributed by atoms with Crippen LogP contribution in [0.3, 0.4) is 0 Å². The van der Waals surface area contributed by atoms with E-state index in [9.17, 15) is 15.3 Å². The molecule has 5 atom stereocenters. The Balaban J connectivity index is 2.69. The van der Waals surface area contributed by atoms with Crippen molar-refractivity contribution in [2.45, 2.75) is 30.7 Å². The molecule has 0 spiro atoms. The van der Waals surface area contributed by atoms with Gasteiger partial charge in [-0.05, 0) is 5.53 Å². The first-order valence-corrected chi connectivity index (χ1v) is 4.35. The lowest BCUT2D eigenvalue weighted by Crippen LogP contribution is -2.58. The molecule has 0 aliphatic carbocycles. The molecule has 0 aromatic carbocycles. The second kappa shape index (κ2) is 5.26. The lowest BCUT2D eigenvalue weighted by molar-refractivity contribution is -0.287. The summed E-state index contributed by atoms with van der Waals surface area (Å²) in [5.74, 6) is 0. The van der Waals surface area contributed by atoms with Crippen LogP contribution in [0.4, 0.5) is 0 Å². The molecular formula is C7H13N3O5. The number of methoxy groups -OCH3 is 1. The SMILES string of the molecule is CO[C@H]1O[C@H](CN=[N+]=[N-])[C@@H](O)[C@H](O)[C@H]1O. The van der Waals surface area contributed by atoms with E-state index in [4.69, 9.17) is 15.0 Å². The highest BCUT2D eigenvalue weighted by molar-refractivity contribution is 4.89. The zero-order valence-corrected chi connectivity index (χ0v) is 8.09. The fraction of sp³-hybridized carbons (Fsp3) is 1.00. The minimum Gasteiger partial charge on any atom is -0.388 e. The van der Waals surface area contributed by atoms with Crippen molar-refractivity contribution in [1.29, 1.82) is 0 Å². The largest absolute Gasteiger partial charge is 0.388 e. The first-order chi connectivity index (χ1) is 7.11. The summed E-state index contributed by atoms with van der Waals surface area (Å²) in [6.45, 7) is -0.138. The van der Waals surface area contributed by atoms with Gasteiger partial charge in [0.2, 0.25) is 0 Å². The van der Waals surface area contributed by atoms with Crippen molar-refractivity contribution >= 4 is 0 Å². The lowest BCUT2D eigenvalue weighted by Gasteiger charge is -2.39. The standard InChI is InChI=1S/C7H13N3O5/c1-14-7-6(13)5(12)4(11)3(15-7)2-9-10-8/h3-7,11-13H,2H2,1H3/t3-,4-,5+,6-,7+/m1/s1. The molecule has 0 amide bonds. The molecule has 0 aromatic rings. The highest BCUT2D eigenvalue weighted by Crippen LogP contribution is 2.21. The minimum atomic E-state index is -1.39. The van der Waals surface area contributed by atoms with E-state index in [0.29, 0.717) is 0 Å². The molecule has 0 bridgehead atoms. The maximum absolute atomic E-state index is 9.47. The fourth-order valence-corrected chi connectivity index (χ4v) is 1.38. The Bertz CT molecular complexity index is 255. The lowest BCUT2D eigenvalue weighted by atomic mass is 9.99. The van der Waals surface area contributed by atoms with Gasteiger partial charge in [-0.1, -0.05) is 5.11 Å². The molecule has 1 heterocycles. The zero-order valence-electron chi connectivity index (χ0n) is 8.09. The van der Waals surface area contributed by atoms with Crippen molar-refractivity contribution in [3.63, 3.8) is 0 Å². The van der Waals surface area contributed by atoms with Gasteiger partial charge < -0.3 is 24.8 Å². The Kier molecular flexibility index (Phi) is 4.28. The van der Waals surface area contributed by atoms with Crippen molar-refractivity contribution < 1.29 is 24.8 Å². The molecule has 1 aliphatic heterocycles. The second-order valence-corrected chi connectivity index (χ2v) is 3.16. The van der Waals surface area contributed by atoms with Gasteiger partial charge in [0.1, 0.15) is 18.3 Å². The fourth-order valence-electron chi connectivity index (χ4n) is 1.38. The van der Waals surface area contributed by atoms with E-state index in [1.165, 1.54) is 7.11 Å². The van der Waals surface area contributed by atoms with E-state index in [1.807, 2.05) is 0 Å². The molecule has 0 radical (unpaired) electrons. The number of rotatable bonds is 3. The third-order valence-electron chi connectivity index (χ3n) is 2.23. The third-order valence-corrected chi connectivity index (χ3v) is 2.23. The van der Waals surface area contributed by atoms with Gasteiger partial charge in [-0.15, -0.1) is 0 Å². The van der Waals surface area contributed by atoms with Crippen LogP contribution in [0.2, 0.25) is 0 Å². The van der Waals surface area contributed by atoms with Gasteiger partial charge in [0.15, 0.2) is 6.29 Å². The quantitative estimate of drug-likeness (QED) is 0.310. The van der Waals surface area contributed by atoms with Crippen LogP contribution < -0.4 is 0 Å². The summed E-state index contributed by atoms with van der Waals surface area (Å²) in [5.41, 5.74) is 8.10. The van der Waals surface area contributed by atoms with E-state index in [-0.39, 0.29) is 6.54 Å². The Hall–Kier alpha value is -0.890. The van der Waals surface area contributed by atoms with Crippen LogP contribution in [-0.2, 0) is 9.47 Å². The molecule has 1 rings (SSSR count). The second-order valence-electron chi connectivity index (χ2n) is 3.16. The Morgan fingerprint density at radius 3 is 2.53 bits per heavy atom. The molecule has 1 aliphatic rings. The molecule has 86 valence electrons. The molecule has 0 unspecified atom stereocenters. The first kappa shape index (κ1) is 12.2. The summed E-state index contributed by atoms with van der Waals surface area (Å²) < 4.78 is 9.84. The van der Waals surface area contributed by atoms with Crippen LogP contribution in [0.25, 0.3) is 10.4 Å². The maximum atomic E-state index is 9.47. The van der Waals surface area contributed by atoms with Crippen molar-refractivity contribution in [2.75, 3.05) is 13.7 Å².